The van der Waals surface area contributed by atoms with Crippen LogP contribution in [0, 0.1) is 0 Å². The first-order chi connectivity index (χ1) is 11.1. The van der Waals surface area contributed by atoms with E-state index in [1.165, 1.54) is 12.1 Å². The first-order valence-corrected chi connectivity index (χ1v) is 7.83. The van der Waals surface area contributed by atoms with Crippen molar-refractivity contribution in [1.29, 1.82) is 0 Å². The van der Waals surface area contributed by atoms with Crippen LogP contribution in [0.4, 0.5) is 0 Å². The molecular formula is C19H22O4. The van der Waals surface area contributed by atoms with Gasteiger partial charge >= 0.3 is 5.97 Å². The predicted molar refractivity (Wildman–Crippen MR) is 89.0 cm³/mol. The van der Waals surface area contributed by atoms with Crippen LogP contribution in [0.5, 0.6) is 11.5 Å². The fraction of sp³-hybridized carbons (Fsp3) is 0.316. The Kier molecular flexibility index (Phi) is 6.03. The summed E-state index contributed by atoms with van der Waals surface area (Å²) in [5.41, 5.74) is 1.59. The average molecular weight is 314 g/mol. The SMILES string of the molecule is CCCCOc1cccc(CC(C(=O)O)c2ccc(O)cc2)c1. The van der Waals surface area contributed by atoms with Crippen molar-refractivity contribution in [1.82, 2.24) is 0 Å². The van der Waals surface area contributed by atoms with Crippen LogP contribution in [-0.2, 0) is 11.2 Å². The zero-order valence-corrected chi connectivity index (χ0v) is 13.2. The number of rotatable bonds is 8. The molecule has 4 heteroatoms. The molecule has 0 radical (unpaired) electrons. The number of aromatic hydroxyl groups is 1. The van der Waals surface area contributed by atoms with Crippen LogP contribution in [0.1, 0.15) is 36.8 Å². The topological polar surface area (TPSA) is 66.8 Å². The van der Waals surface area contributed by atoms with Crippen LogP contribution in [-0.4, -0.2) is 22.8 Å². The molecule has 0 spiro atoms. The minimum atomic E-state index is -0.881. The maximum Gasteiger partial charge on any atom is 0.311 e. The van der Waals surface area contributed by atoms with Crippen molar-refractivity contribution in [2.45, 2.75) is 32.1 Å². The van der Waals surface area contributed by atoms with Gasteiger partial charge in [0.25, 0.3) is 0 Å². The second kappa shape index (κ2) is 8.22. The van der Waals surface area contributed by atoms with Gasteiger partial charge in [-0.1, -0.05) is 37.6 Å². The molecule has 0 fully saturated rings. The molecule has 23 heavy (non-hydrogen) atoms. The van der Waals surface area contributed by atoms with Gasteiger partial charge in [0.15, 0.2) is 0 Å². The minimum absolute atomic E-state index is 0.129. The molecule has 1 unspecified atom stereocenters. The molecule has 0 saturated carbocycles. The number of phenols is 1. The molecule has 2 N–H and O–H groups in total. The van der Waals surface area contributed by atoms with E-state index in [2.05, 4.69) is 6.92 Å². The standard InChI is InChI=1S/C19H22O4/c1-2-3-11-23-17-6-4-5-14(12-17)13-18(19(21)22)15-7-9-16(20)10-8-15/h4-10,12,18,20H,2-3,11,13H2,1H3,(H,21,22). The van der Waals surface area contributed by atoms with Crippen molar-refractivity contribution in [3.63, 3.8) is 0 Å². The molecular weight excluding hydrogens is 292 g/mol. The second-order valence-electron chi connectivity index (χ2n) is 5.54. The number of carbonyl (C=O) groups is 1. The van der Waals surface area contributed by atoms with E-state index in [1.54, 1.807) is 12.1 Å². The highest BCUT2D eigenvalue weighted by Crippen LogP contribution is 2.25. The van der Waals surface area contributed by atoms with E-state index < -0.39 is 11.9 Å². The second-order valence-corrected chi connectivity index (χ2v) is 5.54. The van der Waals surface area contributed by atoms with Crippen LogP contribution in [0.2, 0.25) is 0 Å². The number of ether oxygens (including phenoxy) is 1. The lowest BCUT2D eigenvalue weighted by Gasteiger charge is -2.14. The molecule has 2 rings (SSSR count). The summed E-state index contributed by atoms with van der Waals surface area (Å²) in [4.78, 5) is 11.6. The van der Waals surface area contributed by atoms with E-state index in [4.69, 9.17) is 4.74 Å². The number of benzene rings is 2. The number of carboxylic acids is 1. The van der Waals surface area contributed by atoms with Crippen molar-refractivity contribution in [3.05, 3.63) is 59.7 Å². The van der Waals surface area contributed by atoms with Gasteiger partial charge in [-0.2, -0.15) is 0 Å². The van der Waals surface area contributed by atoms with Crippen molar-refractivity contribution in [2.75, 3.05) is 6.61 Å². The monoisotopic (exact) mass is 314 g/mol. The number of carboxylic acid groups (broad SMARTS) is 1. The predicted octanol–water partition coefficient (Wildman–Crippen LogP) is 3.98. The summed E-state index contributed by atoms with van der Waals surface area (Å²) in [7, 11) is 0. The highest BCUT2D eigenvalue weighted by Gasteiger charge is 2.20. The Morgan fingerprint density at radius 2 is 1.91 bits per heavy atom. The van der Waals surface area contributed by atoms with E-state index in [0.29, 0.717) is 18.6 Å². The van der Waals surface area contributed by atoms with Gasteiger partial charge in [0, 0.05) is 0 Å². The fourth-order valence-electron chi connectivity index (χ4n) is 2.39. The zero-order chi connectivity index (χ0) is 16.7. The van der Waals surface area contributed by atoms with Crippen LogP contribution in [0.15, 0.2) is 48.5 Å². The third-order valence-corrected chi connectivity index (χ3v) is 3.70. The lowest BCUT2D eigenvalue weighted by atomic mass is 9.92. The van der Waals surface area contributed by atoms with E-state index >= 15 is 0 Å². The van der Waals surface area contributed by atoms with Crippen molar-refractivity contribution >= 4 is 5.97 Å². The maximum absolute atomic E-state index is 11.6. The average Bonchev–Trinajstić information content (AvgIpc) is 2.54. The Hall–Kier alpha value is -2.49. The molecule has 0 heterocycles. The molecule has 0 bridgehead atoms. The van der Waals surface area contributed by atoms with E-state index in [0.717, 1.165) is 24.2 Å². The molecule has 0 aromatic heterocycles. The van der Waals surface area contributed by atoms with Gasteiger partial charge < -0.3 is 14.9 Å². The minimum Gasteiger partial charge on any atom is -0.508 e. The fourth-order valence-corrected chi connectivity index (χ4v) is 2.39. The number of aliphatic carboxylic acids is 1. The quantitative estimate of drug-likeness (QED) is 0.723. The smallest absolute Gasteiger partial charge is 0.311 e. The van der Waals surface area contributed by atoms with Crippen molar-refractivity contribution in [2.24, 2.45) is 0 Å². The summed E-state index contributed by atoms with van der Waals surface area (Å²) < 4.78 is 5.67. The van der Waals surface area contributed by atoms with Gasteiger partial charge in [0.05, 0.1) is 12.5 Å². The molecule has 2 aromatic rings. The summed E-state index contributed by atoms with van der Waals surface area (Å²) in [6.45, 7) is 2.77. The highest BCUT2D eigenvalue weighted by atomic mass is 16.5. The Balaban J connectivity index is 2.12. The largest absolute Gasteiger partial charge is 0.508 e. The summed E-state index contributed by atoms with van der Waals surface area (Å²) >= 11 is 0. The van der Waals surface area contributed by atoms with Crippen LogP contribution in [0.25, 0.3) is 0 Å². The first-order valence-electron chi connectivity index (χ1n) is 7.83. The molecule has 2 aromatic carbocycles. The third-order valence-electron chi connectivity index (χ3n) is 3.70. The van der Waals surface area contributed by atoms with Gasteiger partial charge in [-0.3, -0.25) is 4.79 Å². The normalized spacial score (nSPS) is 11.9. The molecule has 122 valence electrons. The lowest BCUT2D eigenvalue weighted by molar-refractivity contribution is -0.138. The first kappa shape index (κ1) is 16.9. The molecule has 0 aliphatic heterocycles. The van der Waals surface area contributed by atoms with Crippen LogP contribution >= 0.6 is 0 Å². The molecule has 0 saturated heterocycles. The lowest BCUT2D eigenvalue weighted by Crippen LogP contribution is -2.14. The van der Waals surface area contributed by atoms with Gasteiger partial charge in [0.2, 0.25) is 0 Å². The third kappa shape index (κ3) is 5.02. The Bertz CT molecular complexity index is 634. The van der Waals surface area contributed by atoms with Gasteiger partial charge in [0.1, 0.15) is 11.5 Å². The summed E-state index contributed by atoms with van der Waals surface area (Å²) in [6.07, 6.45) is 2.45. The van der Waals surface area contributed by atoms with Crippen molar-refractivity contribution < 1.29 is 19.7 Å². The highest BCUT2D eigenvalue weighted by molar-refractivity contribution is 5.76. The molecule has 0 amide bonds. The van der Waals surface area contributed by atoms with Crippen LogP contribution in [0.3, 0.4) is 0 Å². The molecule has 0 aliphatic carbocycles. The van der Waals surface area contributed by atoms with E-state index in [-0.39, 0.29) is 5.75 Å². The summed E-state index contributed by atoms with van der Waals surface area (Å²) in [6, 6.07) is 13.9. The Labute approximate surface area is 136 Å². The Morgan fingerprint density at radius 1 is 1.17 bits per heavy atom. The summed E-state index contributed by atoms with van der Waals surface area (Å²) in [5.74, 6) is -0.635. The van der Waals surface area contributed by atoms with Gasteiger partial charge in [-0.25, -0.2) is 0 Å². The molecule has 1 atom stereocenters. The Morgan fingerprint density at radius 3 is 2.57 bits per heavy atom. The van der Waals surface area contributed by atoms with Gasteiger partial charge in [-0.15, -0.1) is 0 Å². The number of phenolic OH excluding ortho intramolecular Hbond substituents is 1. The number of hydrogen-bond donors (Lipinski definition) is 2. The zero-order valence-electron chi connectivity index (χ0n) is 13.2. The number of hydrogen-bond acceptors (Lipinski definition) is 3. The van der Waals surface area contributed by atoms with Gasteiger partial charge in [-0.05, 0) is 48.2 Å². The van der Waals surface area contributed by atoms with E-state index in [9.17, 15) is 15.0 Å². The maximum atomic E-state index is 11.6. The van der Waals surface area contributed by atoms with Crippen LogP contribution < -0.4 is 4.74 Å². The molecule has 0 aliphatic rings. The van der Waals surface area contributed by atoms with Crippen molar-refractivity contribution in [3.8, 4) is 11.5 Å². The van der Waals surface area contributed by atoms with E-state index in [1.807, 2.05) is 24.3 Å². The summed E-state index contributed by atoms with van der Waals surface area (Å²) in [5, 5.41) is 18.8. The number of unbranched alkanes of at least 4 members (excludes halogenated alkanes) is 1. The molecule has 4 nitrogen and oxygen atoms in total.